The van der Waals surface area contributed by atoms with Crippen LogP contribution in [0.2, 0.25) is 0 Å². The Hall–Kier alpha value is -1.95. The van der Waals surface area contributed by atoms with Gasteiger partial charge in [-0.05, 0) is 37.1 Å². The van der Waals surface area contributed by atoms with Crippen LogP contribution in [0, 0.1) is 0 Å². The van der Waals surface area contributed by atoms with E-state index in [1.54, 1.807) is 0 Å². The van der Waals surface area contributed by atoms with E-state index in [2.05, 4.69) is 39.0 Å². The third-order valence-corrected chi connectivity index (χ3v) is 4.95. The molecule has 0 saturated carbocycles. The number of nitrogens with zero attached hydrogens (tertiary/aromatic N) is 3. The molecule has 1 aliphatic heterocycles. The smallest absolute Gasteiger partial charge is 0.123 e. The lowest BCUT2D eigenvalue weighted by molar-refractivity contribution is 0.0494. The molecule has 0 radical (unpaired) electrons. The first-order chi connectivity index (χ1) is 12.8. The maximum atomic E-state index is 9.54. The Bertz CT molecular complexity index is 665. The van der Waals surface area contributed by atoms with E-state index in [9.17, 15) is 5.11 Å². The van der Waals surface area contributed by atoms with Gasteiger partial charge in [0.1, 0.15) is 5.75 Å². The van der Waals surface area contributed by atoms with Crippen LogP contribution < -0.4 is 4.74 Å². The average Bonchev–Trinajstić information content (AvgIpc) is 2.66. The molecule has 5 heteroatoms. The van der Waals surface area contributed by atoms with Crippen LogP contribution in [0.15, 0.2) is 48.8 Å². The lowest BCUT2D eigenvalue weighted by Gasteiger charge is -2.41. The largest absolute Gasteiger partial charge is 0.494 e. The van der Waals surface area contributed by atoms with E-state index in [0.717, 1.165) is 44.9 Å². The first kappa shape index (κ1) is 18.8. The van der Waals surface area contributed by atoms with Crippen LogP contribution in [-0.4, -0.2) is 58.8 Å². The third kappa shape index (κ3) is 5.04. The summed E-state index contributed by atoms with van der Waals surface area (Å²) >= 11 is 0. The van der Waals surface area contributed by atoms with Crippen LogP contribution in [0.3, 0.4) is 0 Å². The predicted octanol–water partition coefficient (Wildman–Crippen LogP) is 2.55. The van der Waals surface area contributed by atoms with Gasteiger partial charge in [0, 0.05) is 63.3 Å². The van der Waals surface area contributed by atoms with Gasteiger partial charge in [0.2, 0.25) is 0 Å². The van der Waals surface area contributed by atoms with Gasteiger partial charge in [-0.15, -0.1) is 0 Å². The second-order valence-corrected chi connectivity index (χ2v) is 6.77. The van der Waals surface area contributed by atoms with E-state index in [-0.39, 0.29) is 6.61 Å². The minimum absolute atomic E-state index is 0.220. The Morgan fingerprint density at radius 1 is 1.12 bits per heavy atom. The number of aromatic nitrogens is 1. The molecule has 1 fully saturated rings. The van der Waals surface area contributed by atoms with Crippen molar-refractivity contribution in [1.82, 2.24) is 14.8 Å². The summed E-state index contributed by atoms with van der Waals surface area (Å²) in [4.78, 5) is 9.05. The van der Waals surface area contributed by atoms with Crippen molar-refractivity contribution in [2.75, 3.05) is 32.8 Å². The zero-order valence-electron chi connectivity index (χ0n) is 15.6. The molecule has 2 heterocycles. The number of pyridine rings is 1. The van der Waals surface area contributed by atoms with E-state index in [0.29, 0.717) is 12.6 Å². The number of para-hydroxylation sites is 1. The van der Waals surface area contributed by atoms with Gasteiger partial charge in [-0.2, -0.15) is 0 Å². The lowest BCUT2D eigenvalue weighted by Crippen LogP contribution is -2.52. The Morgan fingerprint density at radius 3 is 2.69 bits per heavy atom. The van der Waals surface area contributed by atoms with Crippen LogP contribution in [-0.2, 0) is 13.1 Å². The van der Waals surface area contributed by atoms with Crippen molar-refractivity contribution in [2.24, 2.45) is 0 Å². The average molecular weight is 355 g/mol. The van der Waals surface area contributed by atoms with Crippen molar-refractivity contribution in [3.05, 3.63) is 59.9 Å². The molecular weight excluding hydrogens is 326 g/mol. The summed E-state index contributed by atoms with van der Waals surface area (Å²) in [5.41, 5.74) is 2.51. The summed E-state index contributed by atoms with van der Waals surface area (Å²) in [6.45, 7) is 7.71. The first-order valence-corrected chi connectivity index (χ1v) is 9.47. The molecule has 1 saturated heterocycles. The molecule has 3 rings (SSSR count). The topological polar surface area (TPSA) is 48.8 Å². The summed E-state index contributed by atoms with van der Waals surface area (Å²) in [6.07, 6.45) is 4.49. The van der Waals surface area contributed by atoms with Crippen LogP contribution >= 0.6 is 0 Å². The number of hydrogen-bond donors (Lipinski definition) is 1. The molecule has 0 unspecified atom stereocenters. The molecule has 140 valence electrons. The number of benzene rings is 1. The van der Waals surface area contributed by atoms with Gasteiger partial charge in [-0.1, -0.05) is 18.2 Å². The Balaban J connectivity index is 1.65. The van der Waals surface area contributed by atoms with Crippen molar-refractivity contribution < 1.29 is 9.84 Å². The maximum absolute atomic E-state index is 9.54. The number of aliphatic hydroxyl groups is 1. The molecule has 1 N–H and O–H groups in total. The van der Waals surface area contributed by atoms with E-state index in [1.807, 2.05) is 31.5 Å². The third-order valence-electron chi connectivity index (χ3n) is 4.95. The highest BCUT2D eigenvalue weighted by atomic mass is 16.5. The van der Waals surface area contributed by atoms with Crippen LogP contribution in [0.1, 0.15) is 24.5 Å². The summed E-state index contributed by atoms with van der Waals surface area (Å²) in [6, 6.07) is 12.8. The highest BCUT2D eigenvalue weighted by Crippen LogP contribution is 2.23. The fourth-order valence-corrected chi connectivity index (χ4v) is 3.63. The highest BCUT2D eigenvalue weighted by molar-refractivity contribution is 5.33. The molecular formula is C21H29N3O2. The zero-order valence-corrected chi connectivity index (χ0v) is 15.6. The fraction of sp³-hybridized carbons (Fsp3) is 0.476. The Kier molecular flexibility index (Phi) is 7.00. The minimum Gasteiger partial charge on any atom is -0.494 e. The normalized spacial score (nSPS) is 18.8. The van der Waals surface area contributed by atoms with Gasteiger partial charge in [-0.3, -0.25) is 14.8 Å². The minimum atomic E-state index is 0.220. The van der Waals surface area contributed by atoms with E-state index < -0.39 is 0 Å². The summed E-state index contributed by atoms with van der Waals surface area (Å²) in [5, 5.41) is 9.54. The lowest BCUT2D eigenvalue weighted by atomic mass is 10.1. The van der Waals surface area contributed by atoms with Crippen LogP contribution in [0.4, 0.5) is 0 Å². The molecule has 0 spiro atoms. The second-order valence-electron chi connectivity index (χ2n) is 6.77. The Morgan fingerprint density at radius 2 is 1.92 bits per heavy atom. The maximum Gasteiger partial charge on any atom is 0.123 e. The number of piperazine rings is 1. The second kappa shape index (κ2) is 9.67. The van der Waals surface area contributed by atoms with Crippen molar-refractivity contribution in [3.63, 3.8) is 0 Å². The van der Waals surface area contributed by atoms with E-state index in [1.165, 1.54) is 11.1 Å². The number of hydrogen-bond acceptors (Lipinski definition) is 5. The van der Waals surface area contributed by atoms with E-state index in [4.69, 9.17) is 4.74 Å². The van der Waals surface area contributed by atoms with Crippen molar-refractivity contribution in [1.29, 1.82) is 0 Å². The van der Waals surface area contributed by atoms with Gasteiger partial charge in [0.05, 0.1) is 6.61 Å². The predicted molar refractivity (Wildman–Crippen MR) is 103 cm³/mol. The molecule has 1 aromatic heterocycles. The quantitative estimate of drug-likeness (QED) is 0.789. The summed E-state index contributed by atoms with van der Waals surface area (Å²) in [5.74, 6) is 0.969. The van der Waals surface area contributed by atoms with Gasteiger partial charge >= 0.3 is 0 Å². The van der Waals surface area contributed by atoms with E-state index >= 15 is 0 Å². The summed E-state index contributed by atoms with van der Waals surface area (Å²) < 4.78 is 5.78. The molecule has 0 bridgehead atoms. The standard InChI is InChI=1S/C21H29N3O2/c1-2-26-21-6-4-3-5-19(21)16-24-13-12-23(17-20(24)9-14-25)15-18-7-10-22-11-8-18/h3-8,10-11,20,25H,2,9,12-17H2,1H3/t20-/m0/s1. The zero-order chi connectivity index (χ0) is 18.2. The first-order valence-electron chi connectivity index (χ1n) is 9.47. The molecule has 5 nitrogen and oxygen atoms in total. The number of ether oxygens (including phenoxy) is 1. The van der Waals surface area contributed by atoms with Crippen molar-refractivity contribution in [3.8, 4) is 5.75 Å². The fourth-order valence-electron chi connectivity index (χ4n) is 3.63. The van der Waals surface area contributed by atoms with Gasteiger partial charge in [0.25, 0.3) is 0 Å². The molecule has 0 amide bonds. The van der Waals surface area contributed by atoms with Crippen LogP contribution in [0.25, 0.3) is 0 Å². The number of rotatable bonds is 8. The molecule has 0 aliphatic carbocycles. The molecule has 1 atom stereocenters. The molecule has 1 aromatic carbocycles. The molecule has 26 heavy (non-hydrogen) atoms. The highest BCUT2D eigenvalue weighted by Gasteiger charge is 2.27. The monoisotopic (exact) mass is 355 g/mol. The SMILES string of the molecule is CCOc1ccccc1CN1CCN(Cc2ccncc2)C[C@@H]1CCO. The van der Waals surface area contributed by atoms with Crippen molar-refractivity contribution >= 4 is 0 Å². The van der Waals surface area contributed by atoms with Gasteiger partial charge < -0.3 is 9.84 Å². The number of aliphatic hydroxyl groups excluding tert-OH is 1. The van der Waals surface area contributed by atoms with Crippen LogP contribution in [0.5, 0.6) is 5.75 Å². The Labute approximate surface area is 156 Å². The molecule has 1 aliphatic rings. The molecule has 2 aromatic rings. The summed E-state index contributed by atoms with van der Waals surface area (Å²) in [7, 11) is 0. The van der Waals surface area contributed by atoms with Gasteiger partial charge in [-0.25, -0.2) is 0 Å². The van der Waals surface area contributed by atoms with Crippen molar-refractivity contribution in [2.45, 2.75) is 32.5 Å². The van der Waals surface area contributed by atoms with Gasteiger partial charge in [0.15, 0.2) is 0 Å².